The molecule has 274 valence electrons. The van der Waals surface area contributed by atoms with Crippen LogP contribution in [0.4, 0.5) is 17.1 Å². The molecule has 9 aromatic carbocycles. The highest BCUT2D eigenvalue weighted by atomic mass is 32.1. The van der Waals surface area contributed by atoms with E-state index >= 15 is 0 Å². The molecule has 0 N–H and O–H groups in total. The van der Waals surface area contributed by atoms with Gasteiger partial charge in [0.05, 0.1) is 11.1 Å². The molecular weight excluding hydrogens is 739 g/mol. The van der Waals surface area contributed by atoms with Gasteiger partial charge in [0, 0.05) is 36.9 Å². The Morgan fingerprint density at radius 2 is 0.862 bits per heavy atom. The molecule has 0 bridgehead atoms. The van der Waals surface area contributed by atoms with Crippen LogP contribution >= 0.6 is 11.3 Å². The third-order valence-electron chi connectivity index (χ3n) is 11.6. The minimum absolute atomic E-state index is 0.885. The molecule has 2 aromatic heterocycles. The molecule has 0 amide bonds. The molecule has 0 spiro atoms. The summed E-state index contributed by atoms with van der Waals surface area (Å²) in [6, 6.07) is 81.8. The Morgan fingerprint density at radius 3 is 1.48 bits per heavy atom. The smallest absolute Gasteiger partial charge is 0.179 e. The summed E-state index contributed by atoms with van der Waals surface area (Å²) in [5.41, 5.74) is 7.42. The maximum Gasteiger partial charge on any atom is 0.179 e. The predicted octanol–water partition coefficient (Wildman–Crippen LogP) is 12.5. The highest BCUT2D eigenvalue weighted by Gasteiger charge is 2.41. The minimum atomic E-state index is -2.60. The number of rotatable bonds is 8. The van der Waals surface area contributed by atoms with Gasteiger partial charge in [-0.2, -0.15) is 0 Å². The van der Waals surface area contributed by atoms with Crippen LogP contribution in [0.15, 0.2) is 229 Å². The van der Waals surface area contributed by atoms with Crippen LogP contribution in [0.3, 0.4) is 0 Å². The van der Waals surface area contributed by atoms with Crippen molar-refractivity contribution in [2.75, 3.05) is 4.90 Å². The average molecular weight is 776 g/mol. The van der Waals surface area contributed by atoms with Crippen LogP contribution in [0.5, 0.6) is 0 Å². The number of nitrogens with zero attached hydrogens (tertiary/aromatic N) is 1. The molecule has 0 fully saturated rings. The molecule has 4 heteroatoms. The molecule has 0 atom stereocenters. The molecule has 0 saturated heterocycles. The standard InChI is InChI=1S/C54H37NOSSi/c1-5-16-40(17-6-1)55(48-25-15-26-49-52(48)53-50(56-49)37-36-47-46-24-13-14-27-51(46)57-54(47)53)41-32-28-38(29-33-41)39-30-34-45(35-31-39)58(42-18-7-2-8-19-42,43-20-9-3-10-21-43)44-22-11-4-12-23-44/h1-37H. The Morgan fingerprint density at radius 1 is 0.362 bits per heavy atom. The second-order valence-electron chi connectivity index (χ2n) is 14.8. The second kappa shape index (κ2) is 14.2. The number of thiophene rings is 1. The fraction of sp³-hybridized carbons (Fsp3) is 0. The van der Waals surface area contributed by atoms with E-state index in [9.17, 15) is 0 Å². The fourth-order valence-electron chi connectivity index (χ4n) is 9.04. The number of hydrogen-bond acceptors (Lipinski definition) is 3. The van der Waals surface area contributed by atoms with Gasteiger partial charge < -0.3 is 9.32 Å². The molecule has 0 unspecified atom stereocenters. The summed E-state index contributed by atoms with van der Waals surface area (Å²) in [5, 5.41) is 10.3. The van der Waals surface area contributed by atoms with Crippen molar-refractivity contribution in [3.63, 3.8) is 0 Å². The summed E-state index contributed by atoms with van der Waals surface area (Å²) >= 11 is 1.84. The van der Waals surface area contributed by atoms with Crippen molar-refractivity contribution < 1.29 is 4.42 Å². The van der Waals surface area contributed by atoms with Crippen molar-refractivity contribution in [1.82, 2.24) is 0 Å². The lowest BCUT2D eigenvalue weighted by molar-refractivity contribution is 0.669. The average Bonchev–Trinajstić information content (AvgIpc) is 3.88. The maximum absolute atomic E-state index is 6.60. The summed E-state index contributed by atoms with van der Waals surface area (Å²) in [4.78, 5) is 2.37. The first kappa shape index (κ1) is 34.3. The molecule has 11 rings (SSSR count). The van der Waals surface area contributed by atoms with E-state index in [4.69, 9.17) is 4.42 Å². The van der Waals surface area contributed by atoms with Gasteiger partial charge in [0.1, 0.15) is 11.2 Å². The number of hydrogen-bond donors (Lipinski definition) is 0. The number of fused-ring (bicyclic) bond motifs is 7. The van der Waals surface area contributed by atoms with Crippen molar-refractivity contribution in [2.24, 2.45) is 0 Å². The van der Waals surface area contributed by atoms with Crippen LogP contribution in [-0.2, 0) is 0 Å². The van der Waals surface area contributed by atoms with Gasteiger partial charge in [-0.3, -0.25) is 0 Å². The molecule has 58 heavy (non-hydrogen) atoms. The molecule has 0 saturated carbocycles. The largest absolute Gasteiger partial charge is 0.456 e. The third kappa shape index (κ3) is 5.53. The fourth-order valence-corrected chi connectivity index (χ4v) is 15.0. The van der Waals surface area contributed by atoms with Gasteiger partial charge >= 0.3 is 0 Å². The van der Waals surface area contributed by atoms with Crippen LogP contribution in [0.2, 0.25) is 0 Å². The first-order valence-electron chi connectivity index (χ1n) is 19.8. The van der Waals surface area contributed by atoms with E-state index in [1.54, 1.807) is 0 Å². The lowest BCUT2D eigenvalue weighted by atomic mass is 10.0. The van der Waals surface area contributed by atoms with Crippen LogP contribution in [-0.4, -0.2) is 8.07 Å². The molecule has 11 aromatic rings. The Labute approximate surface area is 342 Å². The summed E-state index contributed by atoms with van der Waals surface area (Å²) in [7, 11) is -2.60. The van der Waals surface area contributed by atoms with Crippen molar-refractivity contribution in [3.05, 3.63) is 224 Å². The molecule has 0 aliphatic carbocycles. The Hall–Kier alpha value is -6.98. The van der Waals surface area contributed by atoms with Gasteiger partial charge in [-0.05, 0) is 86.5 Å². The van der Waals surface area contributed by atoms with Crippen molar-refractivity contribution in [1.29, 1.82) is 0 Å². The molecular formula is C54H37NOSSi. The third-order valence-corrected chi connectivity index (χ3v) is 17.6. The first-order valence-corrected chi connectivity index (χ1v) is 22.6. The van der Waals surface area contributed by atoms with Gasteiger partial charge in [-0.25, -0.2) is 0 Å². The molecule has 0 radical (unpaired) electrons. The van der Waals surface area contributed by atoms with Crippen LogP contribution < -0.4 is 25.6 Å². The second-order valence-corrected chi connectivity index (χ2v) is 19.7. The normalized spacial score (nSPS) is 11.8. The van der Waals surface area contributed by atoms with E-state index in [2.05, 4.69) is 229 Å². The van der Waals surface area contributed by atoms with Gasteiger partial charge in [0.25, 0.3) is 0 Å². The zero-order valence-electron chi connectivity index (χ0n) is 31.6. The van der Waals surface area contributed by atoms with Gasteiger partial charge in [-0.1, -0.05) is 170 Å². The van der Waals surface area contributed by atoms with E-state index in [0.717, 1.165) is 33.6 Å². The van der Waals surface area contributed by atoms with Gasteiger partial charge in [-0.15, -0.1) is 11.3 Å². The zero-order chi connectivity index (χ0) is 38.5. The number of furan rings is 1. The van der Waals surface area contributed by atoms with Crippen molar-refractivity contribution >= 4 is 99.3 Å². The maximum atomic E-state index is 6.60. The Bertz CT molecular complexity index is 3100. The monoisotopic (exact) mass is 775 g/mol. The summed E-state index contributed by atoms with van der Waals surface area (Å²) in [6.07, 6.45) is 0. The topological polar surface area (TPSA) is 16.4 Å². The number of para-hydroxylation sites is 1. The van der Waals surface area contributed by atoms with Crippen LogP contribution in [0.25, 0.3) is 53.2 Å². The quantitative estimate of drug-likeness (QED) is 0.113. The van der Waals surface area contributed by atoms with Gasteiger partial charge in [0.15, 0.2) is 8.07 Å². The van der Waals surface area contributed by atoms with Crippen LogP contribution in [0.1, 0.15) is 0 Å². The minimum Gasteiger partial charge on any atom is -0.456 e. The molecule has 2 nitrogen and oxygen atoms in total. The molecule has 0 aliphatic heterocycles. The number of benzene rings is 9. The summed E-state index contributed by atoms with van der Waals surface area (Å²) in [6.45, 7) is 0. The van der Waals surface area contributed by atoms with Gasteiger partial charge in [0.2, 0.25) is 0 Å². The lowest BCUT2D eigenvalue weighted by Gasteiger charge is -2.34. The number of anilines is 3. The zero-order valence-corrected chi connectivity index (χ0v) is 33.4. The Balaban J connectivity index is 1.03. The van der Waals surface area contributed by atoms with Crippen molar-refractivity contribution in [2.45, 2.75) is 0 Å². The van der Waals surface area contributed by atoms with E-state index < -0.39 is 8.07 Å². The highest BCUT2D eigenvalue weighted by molar-refractivity contribution is 7.26. The highest BCUT2D eigenvalue weighted by Crippen LogP contribution is 2.47. The van der Waals surface area contributed by atoms with E-state index in [-0.39, 0.29) is 0 Å². The van der Waals surface area contributed by atoms with E-state index in [0.29, 0.717) is 0 Å². The molecule has 2 heterocycles. The van der Waals surface area contributed by atoms with E-state index in [1.165, 1.54) is 57.4 Å². The SMILES string of the molecule is c1ccc(N(c2ccc(-c3ccc([Si](c4ccccc4)(c4ccccc4)c4ccccc4)cc3)cc2)c2cccc3oc4ccc5c6ccccc6sc5c4c23)cc1. The van der Waals surface area contributed by atoms with Crippen LogP contribution in [0, 0.1) is 0 Å². The van der Waals surface area contributed by atoms with Crippen molar-refractivity contribution in [3.8, 4) is 11.1 Å². The molecule has 0 aliphatic rings. The first-order chi connectivity index (χ1) is 28.8. The Kier molecular flexibility index (Phi) is 8.39. The van der Waals surface area contributed by atoms with E-state index in [1.807, 2.05) is 11.3 Å². The summed E-state index contributed by atoms with van der Waals surface area (Å²) in [5.74, 6) is 0. The predicted molar refractivity (Wildman–Crippen MR) is 250 cm³/mol. The summed E-state index contributed by atoms with van der Waals surface area (Å²) < 4.78 is 9.14. The lowest BCUT2D eigenvalue weighted by Crippen LogP contribution is -2.74.